The third-order valence-electron chi connectivity index (χ3n) is 1.90. The summed E-state index contributed by atoms with van der Waals surface area (Å²) < 4.78 is 35.2. The normalized spacial score (nSPS) is 15.3. The van der Waals surface area contributed by atoms with E-state index < -0.39 is 46.9 Å². The molecule has 2 atom stereocenters. The summed E-state index contributed by atoms with van der Waals surface area (Å²) >= 11 is -0.456. The second-order valence-electron chi connectivity index (χ2n) is 3.22. The van der Waals surface area contributed by atoms with Crippen LogP contribution in [0.1, 0.15) is 13.8 Å². The van der Waals surface area contributed by atoms with Gasteiger partial charge in [0.1, 0.15) is 0 Å². The van der Waals surface area contributed by atoms with E-state index in [1.165, 1.54) is 13.8 Å². The van der Waals surface area contributed by atoms with Gasteiger partial charge in [-0.15, -0.1) is 0 Å². The van der Waals surface area contributed by atoms with Gasteiger partial charge in [-0.2, -0.15) is 13.2 Å². The molecule has 0 bridgehead atoms. The maximum Gasteiger partial charge on any atom is 0.442 e. The van der Waals surface area contributed by atoms with E-state index in [1.54, 1.807) is 0 Å². The average Bonchev–Trinajstić information content (AvgIpc) is 2.12. The molecule has 0 heterocycles. The average molecular weight is 259 g/mol. The predicted octanol–water partition coefficient (Wildman–Crippen LogP) is 1.46. The van der Waals surface area contributed by atoms with E-state index in [2.05, 4.69) is 5.32 Å². The van der Waals surface area contributed by atoms with E-state index in [1.807, 2.05) is 0 Å². The Labute approximate surface area is 94.6 Å². The fraction of sp³-hybridized carbons (Fsp3) is 0.750. The van der Waals surface area contributed by atoms with E-state index in [0.717, 1.165) is 0 Å². The quantitative estimate of drug-likeness (QED) is 0.784. The van der Waals surface area contributed by atoms with Gasteiger partial charge in [-0.25, -0.2) is 0 Å². The Morgan fingerprint density at radius 1 is 1.38 bits per heavy atom. The molecule has 0 aromatic rings. The fourth-order valence-corrected chi connectivity index (χ4v) is 1.16. The number of amides is 1. The summed E-state index contributed by atoms with van der Waals surface area (Å²) in [6.45, 7) is 2.79. The van der Waals surface area contributed by atoms with E-state index in [0.29, 0.717) is 0 Å². The van der Waals surface area contributed by atoms with Crippen LogP contribution in [0.3, 0.4) is 0 Å². The first kappa shape index (κ1) is 15.1. The van der Waals surface area contributed by atoms with Crippen molar-refractivity contribution in [2.75, 3.05) is 5.75 Å². The number of alkyl halides is 3. The highest BCUT2D eigenvalue weighted by Crippen LogP contribution is 2.29. The van der Waals surface area contributed by atoms with Crippen LogP contribution in [0.2, 0.25) is 0 Å². The molecule has 94 valence electrons. The molecule has 0 rings (SSSR count). The highest BCUT2D eigenvalue weighted by molar-refractivity contribution is 8.00. The molecule has 0 fully saturated rings. The molecule has 0 saturated heterocycles. The first-order valence-corrected chi connectivity index (χ1v) is 5.35. The van der Waals surface area contributed by atoms with Crippen molar-refractivity contribution in [1.29, 1.82) is 0 Å². The lowest BCUT2D eigenvalue weighted by Crippen LogP contribution is -2.41. The van der Waals surface area contributed by atoms with Crippen molar-refractivity contribution < 1.29 is 27.9 Å². The minimum absolute atomic E-state index is 0.456. The zero-order chi connectivity index (χ0) is 12.9. The number of thioether (sulfide) groups is 1. The van der Waals surface area contributed by atoms with Gasteiger partial charge in [0, 0.05) is 6.04 Å². The number of halogens is 3. The highest BCUT2D eigenvalue weighted by atomic mass is 32.2. The summed E-state index contributed by atoms with van der Waals surface area (Å²) in [5.41, 5.74) is -4.46. The summed E-state index contributed by atoms with van der Waals surface area (Å²) in [6.07, 6.45) is 0. The van der Waals surface area contributed by atoms with Gasteiger partial charge >= 0.3 is 11.5 Å². The van der Waals surface area contributed by atoms with Crippen molar-refractivity contribution in [3.05, 3.63) is 0 Å². The SMILES string of the molecule is CC(NC(=O)CSC(F)(F)F)C(C)C(=O)O. The molecule has 0 aliphatic rings. The van der Waals surface area contributed by atoms with Crippen LogP contribution in [0.5, 0.6) is 0 Å². The Hall–Kier alpha value is -0.920. The Balaban J connectivity index is 4.01. The molecule has 4 nitrogen and oxygen atoms in total. The van der Waals surface area contributed by atoms with Crippen molar-refractivity contribution in [3.8, 4) is 0 Å². The van der Waals surface area contributed by atoms with Gasteiger partial charge in [-0.1, -0.05) is 0 Å². The van der Waals surface area contributed by atoms with Crippen molar-refractivity contribution in [2.24, 2.45) is 5.92 Å². The summed E-state index contributed by atoms with van der Waals surface area (Å²) in [6, 6.07) is -0.709. The number of carboxylic acid groups (broad SMARTS) is 1. The molecule has 2 N–H and O–H groups in total. The second-order valence-corrected chi connectivity index (χ2v) is 4.26. The maximum absolute atomic E-state index is 11.7. The van der Waals surface area contributed by atoms with Crippen LogP contribution in [0, 0.1) is 5.92 Å². The number of carbonyl (C=O) groups is 2. The van der Waals surface area contributed by atoms with Crippen molar-refractivity contribution >= 4 is 23.6 Å². The van der Waals surface area contributed by atoms with E-state index in [4.69, 9.17) is 5.11 Å². The monoisotopic (exact) mass is 259 g/mol. The lowest BCUT2D eigenvalue weighted by Gasteiger charge is -2.17. The molecule has 0 aliphatic heterocycles. The molecule has 0 saturated carbocycles. The van der Waals surface area contributed by atoms with Gasteiger partial charge in [0.15, 0.2) is 0 Å². The number of carboxylic acids is 1. The fourth-order valence-electron chi connectivity index (χ4n) is 0.782. The van der Waals surface area contributed by atoms with Crippen molar-refractivity contribution in [3.63, 3.8) is 0 Å². The molecule has 8 heteroatoms. The number of hydrogen-bond acceptors (Lipinski definition) is 3. The Kier molecular flexibility index (Phi) is 5.63. The molecule has 16 heavy (non-hydrogen) atoms. The topological polar surface area (TPSA) is 66.4 Å². The van der Waals surface area contributed by atoms with Gasteiger partial charge in [-0.3, -0.25) is 9.59 Å². The Morgan fingerprint density at radius 3 is 2.25 bits per heavy atom. The Morgan fingerprint density at radius 2 is 1.88 bits per heavy atom. The van der Waals surface area contributed by atoms with Crippen LogP contribution in [-0.4, -0.2) is 34.3 Å². The van der Waals surface area contributed by atoms with Gasteiger partial charge < -0.3 is 10.4 Å². The van der Waals surface area contributed by atoms with Crippen LogP contribution in [0.4, 0.5) is 13.2 Å². The molecule has 1 amide bonds. The molecule has 0 aliphatic carbocycles. The molecule has 0 radical (unpaired) electrons. The number of carbonyl (C=O) groups excluding carboxylic acids is 1. The minimum Gasteiger partial charge on any atom is -0.481 e. The van der Waals surface area contributed by atoms with Gasteiger partial charge in [0.25, 0.3) is 0 Å². The highest BCUT2D eigenvalue weighted by Gasteiger charge is 2.30. The number of nitrogens with one attached hydrogen (secondary N) is 1. The summed E-state index contributed by atoms with van der Waals surface area (Å²) in [5, 5.41) is 10.8. The van der Waals surface area contributed by atoms with Gasteiger partial charge in [-0.05, 0) is 25.6 Å². The number of aliphatic carboxylic acids is 1. The zero-order valence-electron chi connectivity index (χ0n) is 8.67. The van der Waals surface area contributed by atoms with E-state index in [-0.39, 0.29) is 0 Å². The summed E-state index contributed by atoms with van der Waals surface area (Å²) in [4.78, 5) is 21.5. The second kappa shape index (κ2) is 5.97. The maximum atomic E-state index is 11.7. The minimum atomic E-state index is -4.46. The molecule has 0 aromatic heterocycles. The summed E-state index contributed by atoms with van der Waals surface area (Å²) in [5.74, 6) is -3.56. The zero-order valence-corrected chi connectivity index (χ0v) is 9.48. The molecular weight excluding hydrogens is 247 g/mol. The molecule has 0 spiro atoms. The van der Waals surface area contributed by atoms with Crippen molar-refractivity contribution in [2.45, 2.75) is 25.4 Å². The van der Waals surface area contributed by atoms with Crippen LogP contribution in [0.15, 0.2) is 0 Å². The van der Waals surface area contributed by atoms with Gasteiger partial charge in [0.05, 0.1) is 11.7 Å². The Bertz CT molecular complexity index is 270. The van der Waals surface area contributed by atoms with E-state index in [9.17, 15) is 22.8 Å². The first-order chi connectivity index (χ1) is 7.13. The molecule has 0 aromatic carbocycles. The van der Waals surface area contributed by atoms with Crippen LogP contribution >= 0.6 is 11.8 Å². The van der Waals surface area contributed by atoms with E-state index >= 15 is 0 Å². The lowest BCUT2D eigenvalue weighted by molar-refractivity contribution is -0.142. The lowest BCUT2D eigenvalue weighted by atomic mass is 10.0. The van der Waals surface area contributed by atoms with Crippen LogP contribution in [-0.2, 0) is 9.59 Å². The standard InChI is InChI=1S/C8H12F3NO3S/c1-4(7(14)15)5(2)12-6(13)3-16-8(9,10)11/h4-5H,3H2,1-2H3,(H,12,13)(H,14,15). The summed E-state index contributed by atoms with van der Waals surface area (Å²) in [7, 11) is 0. The van der Waals surface area contributed by atoms with Gasteiger partial charge in [0.2, 0.25) is 5.91 Å². The van der Waals surface area contributed by atoms with Crippen molar-refractivity contribution in [1.82, 2.24) is 5.32 Å². The van der Waals surface area contributed by atoms with Crippen LogP contribution < -0.4 is 5.32 Å². The van der Waals surface area contributed by atoms with Crippen LogP contribution in [0.25, 0.3) is 0 Å². The first-order valence-electron chi connectivity index (χ1n) is 4.36. The largest absolute Gasteiger partial charge is 0.481 e. The molecule has 2 unspecified atom stereocenters. The third kappa shape index (κ3) is 6.54. The molecular formula is C8H12F3NO3S. The third-order valence-corrected chi connectivity index (χ3v) is 2.63. The number of hydrogen-bond donors (Lipinski definition) is 2. The number of rotatable bonds is 5. The smallest absolute Gasteiger partial charge is 0.442 e. The predicted molar refractivity (Wildman–Crippen MR) is 52.9 cm³/mol.